The summed E-state index contributed by atoms with van der Waals surface area (Å²) in [6.07, 6.45) is 1.86. The average Bonchev–Trinajstić information content (AvgIpc) is 2.82. The van der Waals surface area contributed by atoms with Gasteiger partial charge in [-0.25, -0.2) is 18.0 Å². The number of anilines is 1. The van der Waals surface area contributed by atoms with Crippen LogP contribution in [0.2, 0.25) is 0 Å². The van der Waals surface area contributed by atoms with Gasteiger partial charge >= 0.3 is 12.0 Å². The van der Waals surface area contributed by atoms with Crippen molar-refractivity contribution in [2.75, 3.05) is 38.5 Å². The monoisotopic (exact) mass is 508 g/mol. The molecule has 0 aliphatic carbocycles. The van der Waals surface area contributed by atoms with Crippen molar-refractivity contribution in [2.24, 2.45) is 0 Å². The summed E-state index contributed by atoms with van der Waals surface area (Å²) >= 11 is 0. The zero-order valence-electron chi connectivity index (χ0n) is 20.6. The lowest BCUT2D eigenvalue weighted by Gasteiger charge is -2.17. The summed E-state index contributed by atoms with van der Waals surface area (Å²) < 4.78 is 45.9. The molecule has 0 bridgehead atoms. The van der Waals surface area contributed by atoms with Gasteiger partial charge in [-0.15, -0.1) is 0 Å². The van der Waals surface area contributed by atoms with Crippen molar-refractivity contribution in [1.29, 1.82) is 0 Å². The van der Waals surface area contributed by atoms with Crippen molar-refractivity contribution in [3.63, 3.8) is 0 Å². The van der Waals surface area contributed by atoms with Crippen LogP contribution in [-0.4, -0.2) is 53.6 Å². The van der Waals surface area contributed by atoms with E-state index in [9.17, 15) is 18.0 Å². The number of benzene rings is 2. The predicted molar refractivity (Wildman–Crippen MR) is 131 cm³/mol. The largest absolute Gasteiger partial charge is 0.493 e. The average molecular weight is 509 g/mol. The van der Waals surface area contributed by atoms with Crippen LogP contribution in [0.4, 0.5) is 10.5 Å². The zero-order chi connectivity index (χ0) is 26.0. The smallest absolute Gasteiger partial charge is 0.341 e. The standard InChI is InChI=1S/C24H32N2O8S/c1-6-11-34-19-10-9-17(13-18(19)23(27)31-4)26-24(28)25-15-16-12-21(33-8-3)22(35(5,29)30)14-20(16)32-7-2/h9-10,12-14H,6-8,11,15H2,1-5H3,(H2,25,26,28). The fourth-order valence-corrected chi connectivity index (χ4v) is 3.94. The molecule has 0 saturated carbocycles. The SMILES string of the molecule is CCCOc1ccc(NC(=O)NCc2cc(OCC)c(S(C)(=O)=O)cc2OCC)cc1C(=O)OC. The first kappa shape index (κ1) is 27.8. The lowest BCUT2D eigenvalue weighted by molar-refractivity contribution is 0.0596. The number of hydrogen-bond acceptors (Lipinski definition) is 8. The van der Waals surface area contributed by atoms with Crippen molar-refractivity contribution >= 4 is 27.5 Å². The van der Waals surface area contributed by atoms with Gasteiger partial charge in [0.05, 0.1) is 26.9 Å². The Morgan fingerprint density at radius 1 is 0.914 bits per heavy atom. The molecule has 11 heteroatoms. The first-order chi connectivity index (χ1) is 16.6. The molecule has 0 aromatic heterocycles. The number of carbonyl (C=O) groups is 2. The zero-order valence-corrected chi connectivity index (χ0v) is 21.4. The van der Waals surface area contributed by atoms with E-state index in [-0.39, 0.29) is 29.4 Å². The fraction of sp³-hybridized carbons (Fsp3) is 0.417. The van der Waals surface area contributed by atoms with Crippen LogP contribution in [0.15, 0.2) is 35.2 Å². The molecular weight excluding hydrogens is 476 g/mol. The number of methoxy groups -OCH3 is 1. The number of urea groups is 1. The van der Waals surface area contributed by atoms with Gasteiger partial charge in [0.2, 0.25) is 0 Å². The molecule has 0 saturated heterocycles. The molecule has 0 aliphatic rings. The molecule has 2 rings (SSSR count). The van der Waals surface area contributed by atoms with Gasteiger partial charge in [0.1, 0.15) is 27.7 Å². The maximum absolute atomic E-state index is 12.6. The molecule has 10 nitrogen and oxygen atoms in total. The lowest BCUT2D eigenvalue weighted by atomic mass is 10.1. The first-order valence-electron chi connectivity index (χ1n) is 11.2. The number of nitrogens with one attached hydrogen (secondary N) is 2. The van der Waals surface area contributed by atoms with Gasteiger partial charge in [0.15, 0.2) is 9.84 Å². The summed E-state index contributed by atoms with van der Waals surface area (Å²) in [6.45, 7) is 6.50. The fourth-order valence-electron chi connectivity index (χ4n) is 3.14. The highest BCUT2D eigenvalue weighted by Crippen LogP contribution is 2.32. The molecule has 0 heterocycles. The second-order valence-electron chi connectivity index (χ2n) is 7.40. The van der Waals surface area contributed by atoms with E-state index in [2.05, 4.69) is 10.6 Å². The molecule has 0 aliphatic heterocycles. The Kier molecular flexibility index (Phi) is 10.2. The van der Waals surface area contributed by atoms with Gasteiger partial charge in [0, 0.05) is 30.1 Å². The highest BCUT2D eigenvalue weighted by Gasteiger charge is 2.20. The van der Waals surface area contributed by atoms with E-state index >= 15 is 0 Å². The number of rotatable bonds is 12. The van der Waals surface area contributed by atoms with E-state index in [0.717, 1.165) is 12.7 Å². The lowest BCUT2D eigenvalue weighted by Crippen LogP contribution is -2.28. The Morgan fingerprint density at radius 3 is 2.20 bits per heavy atom. The molecule has 2 N–H and O–H groups in total. The van der Waals surface area contributed by atoms with Gasteiger partial charge in [-0.2, -0.15) is 0 Å². The molecule has 35 heavy (non-hydrogen) atoms. The second kappa shape index (κ2) is 12.8. The normalized spacial score (nSPS) is 10.9. The summed E-state index contributed by atoms with van der Waals surface area (Å²) in [5, 5.41) is 5.36. The molecule has 2 aromatic rings. The topological polar surface area (TPSA) is 129 Å². The van der Waals surface area contributed by atoms with Crippen LogP contribution in [-0.2, 0) is 21.1 Å². The van der Waals surface area contributed by atoms with Gasteiger partial charge in [-0.05, 0) is 44.5 Å². The van der Waals surface area contributed by atoms with Crippen LogP contribution < -0.4 is 24.8 Å². The Hall–Kier alpha value is -3.47. The molecule has 2 aromatic carbocycles. The van der Waals surface area contributed by atoms with Gasteiger partial charge in [0.25, 0.3) is 0 Å². The van der Waals surface area contributed by atoms with Crippen LogP contribution >= 0.6 is 0 Å². The quantitative estimate of drug-likeness (QED) is 0.414. The van der Waals surface area contributed by atoms with Crippen molar-refractivity contribution in [2.45, 2.75) is 38.6 Å². The Morgan fingerprint density at radius 2 is 1.60 bits per heavy atom. The van der Waals surface area contributed by atoms with Crippen LogP contribution in [0.25, 0.3) is 0 Å². The highest BCUT2D eigenvalue weighted by atomic mass is 32.2. The van der Waals surface area contributed by atoms with Crippen LogP contribution in [0, 0.1) is 0 Å². The third-order valence-electron chi connectivity index (χ3n) is 4.67. The Balaban J connectivity index is 2.22. The van der Waals surface area contributed by atoms with E-state index in [1.54, 1.807) is 32.0 Å². The van der Waals surface area contributed by atoms with Gasteiger partial charge < -0.3 is 29.6 Å². The summed E-state index contributed by atoms with van der Waals surface area (Å²) in [5.41, 5.74) is 1.09. The summed E-state index contributed by atoms with van der Waals surface area (Å²) in [7, 11) is -2.30. The highest BCUT2D eigenvalue weighted by molar-refractivity contribution is 7.90. The van der Waals surface area contributed by atoms with E-state index in [1.165, 1.54) is 19.2 Å². The molecule has 0 unspecified atom stereocenters. The molecule has 0 spiro atoms. The predicted octanol–water partition coefficient (Wildman–Crippen LogP) is 3.78. The number of amides is 2. The number of esters is 1. The van der Waals surface area contributed by atoms with Crippen molar-refractivity contribution in [3.05, 3.63) is 41.5 Å². The molecule has 0 fully saturated rings. The van der Waals surface area contributed by atoms with Gasteiger partial charge in [-0.1, -0.05) is 6.92 Å². The van der Waals surface area contributed by atoms with E-state index < -0.39 is 21.8 Å². The van der Waals surface area contributed by atoms with Crippen LogP contribution in [0.5, 0.6) is 17.2 Å². The summed E-state index contributed by atoms with van der Waals surface area (Å²) in [6, 6.07) is 7.06. The van der Waals surface area contributed by atoms with Gasteiger partial charge in [-0.3, -0.25) is 0 Å². The minimum atomic E-state index is -3.56. The van der Waals surface area contributed by atoms with Crippen molar-refractivity contribution < 1.29 is 37.0 Å². The van der Waals surface area contributed by atoms with Crippen molar-refractivity contribution in [1.82, 2.24) is 5.32 Å². The molecule has 0 radical (unpaired) electrons. The summed E-state index contributed by atoms with van der Waals surface area (Å²) in [5.74, 6) is 0.277. The van der Waals surface area contributed by atoms with Crippen LogP contribution in [0.3, 0.4) is 0 Å². The van der Waals surface area contributed by atoms with E-state index in [1.807, 2.05) is 6.92 Å². The van der Waals surface area contributed by atoms with E-state index in [0.29, 0.717) is 36.0 Å². The van der Waals surface area contributed by atoms with E-state index in [4.69, 9.17) is 18.9 Å². The third kappa shape index (κ3) is 7.78. The molecule has 192 valence electrons. The molecular formula is C24H32N2O8S. The van der Waals surface area contributed by atoms with Crippen molar-refractivity contribution in [3.8, 4) is 17.2 Å². The number of carbonyl (C=O) groups excluding carboxylic acids is 2. The maximum Gasteiger partial charge on any atom is 0.341 e. The maximum atomic E-state index is 12.6. The molecule has 2 amide bonds. The third-order valence-corrected chi connectivity index (χ3v) is 5.79. The number of hydrogen-bond donors (Lipinski definition) is 2. The minimum Gasteiger partial charge on any atom is -0.493 e. The Labute approximate surface area is 205 Å². The summed E-state index contributed by atoms with van der Waals surface area (Å²) in [4.78, 5) is 24.7. The minimum absolute atomic E-state index is 0.0109. The number of ether oxygens (including phenoxy) is 4. The Bertz CT molecular complexity index is 1150. The second-order valence-corrected chi connectivity index (χ2v) is 9.39. The van der Waals surface area contributed by atoms with Crippen LogP contribution in [0.1, 0.15) is 43.1 Å². The molecule has 0 atom stereocenters. The number of sulfone groups is 1. The first-order valence-corrected chi connectivity index (χ1v) is 13.1.